The molecule has 1 aromatic heterocycles. The van der Waals surface area contributed by atoms with E-state index in [4.69, 9.17) is 0 Å². The van der Waals surface area contributed by atoms with Crippen molar-refractivity contribution in [3.63, 3.8) is 0 Å². The normalized spacial score (nSPS) is 18.2. The van der Waals surface area contributed by atoms with Crippen LogP contribution in [0, 0.1) is 0 Å². The molecule has 1 saturated heterocycles. The van der Waals surface area contributed by atoms with Crippen LogP contribution in [0.2, 0.25) is 0 Å². The van der Waals surface area contributed by atoms with Gasteiger partial charge in [-0.1, -0.05) is 30.3 Å². The van der Waals surface area contributed by atoms with E-state index in [1.54, 1.807) is 11.0 Å². The molecular formula is C19H21N3O3. The highest BCUT2D eigenvalue weighted by Gasteiger charge is 2.24. The number of rotatable bonds is 3. The number of benzene rings is 1. The summed E-state index contributed by atoms with van der Waals surface area (Å²) < 4.78 is 1.51. The Hall–Kier alpha value is -2.89. The molecule has 1 aliphatic rings. The number of H-pyrrole nitrogens is 1. The summed E-state index contributed by atoms with van der Waals surface area (Å²) in [6.45, 7) is 3.05. The van der Waals surface area contributed by atoms with Gasteiger partial charge in [-0.2, -0.15) is 0 Å². The zero-order valence-corrected chi connectivity index (χ0v) is 14.1. The highest BCUT2D eigenvalue weighted by Crippen LogP contribution is 2.21. The lowest BCUT2D eigenvalue weighted by Gasteiger charge is -2.33. The smallest absolute Gasteiger partial charge is 0.328 e. The summed E-state index contributed by atoms with van der Waals surface area (Å²) >= 11 is 0. The van der Waals surface area contributed by atoms with Crippen molar-refractivity contribution in [2.45, 2.75) is 25.8 Å². The van der Waals surface area contributed by atoms with Crippen molar-refractivity contribution in [3.8, 4) is 0 Å². The Bertz CT molecular complexity index is 896. The third-order valence-electron chi connectivity index (χ3n) is 4.52. The van der Waals surface area contributed by atoms with Crippen LogP contribution in [0.1, 0.15) is 31.4 Å². The minimum Gasteiger partial charge on any atom is -0.337 e. The first-order chi connectivity index (χ1) is 12.0. The number of carbonyl (C=O) groups excluding carboxylic acids is 1. The maximum atomic E-state index is 12.6. The monoisotopic (exact) mass is 339 g/mol. The van der Waals surface area contributed by atoms with Crippen LogP contribution in [0.3, 0.4) is 0 Å². The zero-order chi connectivity index (χ0) is 17.8. The number of amides is 1. The number of likely N-dealkylation sites (tertiary alicyclic amines) is 1. The van der Waals surface area contributed by atoms with E-state index in [1.807, 2.05) is 37.3 Å². The molecule has 1 amide bonds. The summed E-state index contributed by atoms with van der Waals surface area (Å²) in [5, 5.41) is 0. The Morgan fingerprint density at radius 3 is 2.68 bits per heavy atom. The summed E-state index contributed by atoms with van der Waals surface area (Å²) in [6, 6.07) is 11.0. The van der Waals surface area contributed by atoms with E-state index < -0.39 is 11.2 Å². The van der Waals surface area contributed by atoms with Crippen LogP contribution in [0.4, 0.5) is 0 Å². The van der Waals surface area contributed by atoms with E-state index in [2.05, 4.69) is 4.98 Å². The Kier molecular flexibility index (Phi) is 4.97. The van der Waals surface area contributed by atoms with Crippen LogP contribution in [-0.2, 0) is 4.79 Å². The second-order valence-electron chi connectivity index (χ2n) is 6.29. The van der Waals surface area contributed by atoms with Crippen molar-refractivity contribution in [1.29, 1.82) is 0 Å². The quantitative estimate of drug-likeness (QED) is 0.867. The molecule has 6 nitrogen and oxygen atoms in total. The Morgan fingerprint density at radius 1 is 1.20 bits per heavy atom. The summed E-state index contributed by atoms with van der Waals surface area (Å²) in [6.07, 6.45) is 4.77. The number of aromatic amines is 1. The van der Waals surface area contributed by atoms with Gasteiger partial charge in [0.05, 0.1) is 6.04 Å². The highest BCUT2D eigenvalue weighted by atomic mass is 16.2. The van der Waals surface area contributed by atoms with E-state index in [0.717, 1.165) is 24.0 Å². The van der Waals surface area contributed by atoms with Gasteiger partial charge in [-0.15, -0.1) is 0 Å². The molecule has 1 unspecified atom stereocenters. The van der Waals surface area contributed by atoms with Crippen molar-refractivity contribution in [3.05, 3.63) is 75.1 Å². The fraction of sp³-hybridized carbons (Fsp3) is 0.316. The number of nitrogens with one attached hydrogen (secondary N) is 1. The van der Waals surface area contributed by atoms with E-state index >= 15 is 0 Å². The Balaban J connectivity index is 1.76. The number of aromatic nitrogens is 2. The van der Waals surface area contributed by atoms with Crippen LogP contribution >= 0.6 is 0 Å². The van der Waals surface area contributed by atoms with Crippen LogP contribution in [0.25, 0.3) is 5.57 Å². The first-order valence-electron chi connectivity index (χ1n) is 8.38. The standard InChI is InChI=1S/C19H21N3O3/c1-14(15-6-3-2-4-7-15)12-18(24)21-10-5-8-16(13-21)22-11-9-17(23)20-19(22)25/h2-4,6-7,9,11-12,16H,5,8,10,13H2,1H3,(H,20,23,25)/b14-12+. The van der Waals surface area contributed by atoms with Gasteiger partial charge in [0.2, 0.25) is 5.91 Å². The summed E-state index contributed by atoms with van der Waals surface area (Å²) in [5.41, 5.74) is 1.09. The van der Waals surface area contributed by atoms with Gasteiger partial charge in [0, 0.05) is 31.4 Å². The van der Waals surface area contributed by atoms with Crippen LogP contribution in [0.5, 0.6) is 0 Å². The molecule has 1 fully saturated rings. The lowest BCUT2D eigenvalue weighted by atomic mass is 10.0. The molecule has 0 radical (unpaired) electrons. The van der Waals surface area contributed by atoms with Gasteiger partial charge in [-0.05, 0) is 30.9 Å². The van der Waals surface area contributed by atoms with E-state index in [9.17, 15) is 14.4 Å². The largest absolute Gasteiger partial charge is 0.337 e. The maximum Gasteiger partial charge on any atom is 0.328 e. The molecule has 130 valence electrons. The molecule has 3 rings (SSSR count). The Morgan fingerprint density at radius 2 is 1.96 bits per heavy atom. The predicted octanol–water partition coefficient (Wildman–Crippen LogP) is 1.80. The lowest BCUT2D eigenvalue weighted by Crippen LogP contribution is -2.43. The van der Waals surface area contributed by atoms with Gasteiger partial charge in [-0.3, -0.25) is 19.1 Å². The molecular weight excluding hydrogens is 318 g/mol. The van der Waals surface area contributed by atoms with E-state index in [-0.39, 0.29) is 11.9 Å². The average molecular weight is 339 g/mol. The number of piperidine rings is 1. The van der Waals surface area contributed by atoms with E-state index in [0.29, 0.717) is 13.1 Å². The molecule has 1 atom stereocenters. The van der Waals surface area contributed by atoms with Crippen molar-refractivity contribution < 1.29 is 4.79 Å². The second kappa shape index (κ2) is 7.34. The molecule has 1 N–H and O–H groups in total. The number of hydrogen-bond donors (Lipinski definition) is 1. The lowest BCUT2D eigenvalue weighted by molar-refractivity contribution is -0.127. The van der Waals surface area contributed by atoms with Crippen molar-refractivity contribution in [2.24, 2.45) is 0 Å². The molecule has 0 spiro atoms. The topological polar surface area (TPSA) is 75.2 Å². The van der Waals surface area contributed by atoms with Crippen LogP contribution < -0.4 is 11.2 Å². The molecule has 25 heavy (non-hydrogen) atoms. The molecule has 1 aromatic carbocycles. The molecule has 2 heterocycles. The van der Waals surface area contributed by atoms with Crippen molar-refractivity contribution in [1.82, 2.24) is 14.5 Å². The van der Waals surface area contributed by atoms with Gasteiger partial charge in [0.1, 0.15) is 0 Å². The fourth-order valence-corrected chi connectivity index (χ4v) is 3.16. The first-order valence-corrected chi connectivity index (χ1v) is 8.38. The van der Waals surface area contributed by atoms with Crippen LogP contribution in [0.15, 0.2) is 58.3 Å². The number of carbonyl (C=O) groups is 1. The molecule has 0 aliphatic carbocycles. The molecule has 6 heteroatoms. The van der Waals surface area contributed by atoms with Gasteiger partial charge < -0.3 is 4.90 Å². The first kappa shape index (κ1) is 17.0. The summed E-state index contributed by atoms with van der Waals surface area (Å²) in [7, 11) is 0. The van der Waals surface area contributed by atoms with Crippen molar-refractivity contribution in [2.75, 3.05) is 13.1 Å². The number of hydrogen-bond acceptors (Lipinski definition) is 3. The zero-order valence-electron chi connectivity index (χ0n) is 14.1. The third-order valence-corrected chi connectivity index (χ3v) is 4.52. The second-order valence-corrected chi connectivity index (χ2v) is 6.29. The summed E-state index contributed by atoms with van der Waals surface area (Å²) in [4.78, 5) is 39.8. The van der Waals surface area contributed by atoms with Gasteiger partial charge in [-0.25, -0.2) is 4.79 Å². The SMILES string of the molecule is C/C(=C\C(=O)N1CCCC(n2ccc(=O)[nH]c2=O)C1)c1ccccc1. The third kappa shape index (κ3) is 3.96. The average Bonchev–Trinajstić information content (AvgIpc) is 2.62. The summed E-state index contributed by atoms with van der Waals surface area (Å²) in [5.74, 6) is -0.0523. The molecule has 0 saturated carbocycles. The maximum absolute atomic E-state index is 12.6. The van der Waals surface area contributed by atoms with Crippen molar-refractivity contribution >= 4 is 11.5 Å². The van der Waals surface area contributed by atoms with Gasteiger partial charge in [0.25, 0.3) is 5.56 Å². The van der Waals surface area contributed by atoms with E-state index in [1.165, 1.54) is 16.8 Å². The minimum absolute atomic E-state index is 0.0523. The predicted molar refractivity (Wildman–Crippen MR) is 96.3 cm³/mol. The molecule has 2 aromatic rings. The number of nitrogens with zero attached hydrogens (tertiary/aromatic N) is 2. The minimum atomic E-state index is -0.428. The number of allylic oxidation sites excluding steroid dienone is 1. The fourth-order valence-electron chi connectivity index (χ4n) is 3.16. The molecule has 0 bridgehead atoms. The van der Waals surface area contributed by atoms with Gasteiger partial charge in [0.15, 0.2) is 0 Å². The van der Waals surface area contributed by atoms with Crippen LogP contribution in [-0.4, -0.2) is 33.4 Å². The Labute approximate surface area is 145 Å². The highest BCUT2D eigenvalue weighted by molar-refractivity contribution is 5.94. The molecule has 1 aliphatic heterocycles. The van der Waals surface area contributed by atoms with Gasteiger partial charge >= 0.3 is 5.69 Å².